The van der Waals surface area contributed by atoms with Crippen molar-refractivity contribution in [3.05, 3.63) is 23.5 Å². The fraction of sp³-hybridized carbons (Fsp3) is 0.500. The molecule has 0 unspecified atom stereocenters. The van der Waals surface area contributed by atoms with Gasteiger partial charge >= 0.3 is 0 Å². The standard InChI is InChI=1S/C12H17N3/c1-2-3-4-5-6-11-12(14)10(9-13)7-8-15-11/h7-8H,2-6,14H2,1H3. The molecular formula is C12H17N3. The minimum absolute atomic E-state index is 0.537. The molecule has 1 aromatic heterocycles. The molecule has 0 radical (unpaired) electrons. The van der Waals surface area contributed by atoms with Crippen LogP contribution in [0.15, 0.2) is 12.3 Å². The van der Waals surface area contributed by atoms with Gasteiger partial charge in [-0.2, -0.15) is 5.26 Å². The quantitative estimate of drug-likeness (QED) is 0.748. The second-order valence-electron chi connectivity index (χ2n) is 3.64. The van der Waals surface area contributed by atoms with Crippen LogP contribution in [0.3, 0.4) is 0 Å². The van der Waals surface area contributed by atoms with Crippen molar-refractivity contribution in [3.63, 3.8) is 0 Å². The highest BCUT2D eigenvalue weighted by molar-refractivity contribution is 5.56. The molecular weight excluding hydrogens is 186 g/mol. The van der Waals surface area contributed by atoms with Crippen LogP contribution in [0.25, 0.3) is 0 Å². The smallest absolute Gasteiger partial charge is 0.101 e. The second kappa shape index (κ2) is 6.02. The Morgan fingerprint density at radius 3 is 2.87 bits per heavy atom. The van der Waals surface area contributed by atoms with Gasteiger partial charge in [-0.05, 0) is 18.9 Å². The van der Waals surface area contributed by atoms with E-state index in [-0.39, 0.29) is 0 Å². The molecule has 0 saturated heterocycles. The van der Waals surface area contributed by atoms with Crippen molar-refractivity contribution in [2.45, 2.75) is 39.0 Å². The lowest BCUT2D eigenvalue weighted by atomic mass is 10.1. The zero-order chi connectivity index (χ0) is 11.1. The maximum absolute atomic E-state index is 8.79. The molecule has 2 N–H and O–H groups in total. The van der Waals surface area contributed by atoms with Crippen LogP contribution in [0.5, 0.6) is 0 Å². The van der Waals surface area contributed by atoms with Crippen LogP contribution in [-0.4, -0.2) is 4.98 Å². The molecule has 0 atom stereocenters. The van der Waals surface area contributed by atoms with Crippen LogP contribution in [-0.2, 0) is 6.42 Å². The van der Waals surface area contributed by atoms with Crippen LogP contribution in [0.2, 0.25) is 0 Å². The van der Waals surface area contributed by atoms with Crippen LogP contribution in [0, 0.1) is 11.3 Å². The highest BCUT2D eigenvalue weighted by Crippen LogP contribution is 2.16. The SMILES string of the molecule is CCCCCCc1nccc(C#N)c1N. The van der Waals surface area contributed by atoms with Crippen LogP contribution >= 0.6 is 0 Å². The molecule has 15 heavy (non-hydrogen) atoms. The Labute approximate surface area is 90.9 Å². The predicted octanol–water partition coefficient (Wildman–Crippen LogP) is 2.66. The highest BCUT2D eigenvalue weighted by Gasteiger charge is 2.04. The summed E-state index contributed by atoms with van der Waals surface area (Å²) >= 11 is 0. The third kappa shape index (κ3) is 3.25. The summed E-state index contributed by atoms with van der Waals surface area (Å²) in [6.45, 7) is 2.18. The van der Waals surface area contributed by atoms with E-state index >= 15 is 0 Å². The van der Waals surface area contributed by atoms with E-state index in [0.717, 1.165) is 18.5 Å². The van der Waals surface area contributed by atoms with Crippen molar-refractivity contribution in [1.29, 1.82) is 5.26 Å². The number of nitrogens with two attached hydrogens (primary N) is 1. The predicted molar refractivity (Wildman–Crippen MR) is 61.2 cm³/mol. The van der Waals surface area contributed by atoms with Gasteiger partial charge in [0.1, 0.15) is 6.07 Å². The van der Waals surface area contributed by atoms with Gasteiger partial charge in [-0.15, -0.1) is 0 Å². The first kappa shape index (κ1) is 11.5. The van der Waals surface area contributed by atoms with Crippen molar-refractivity contribution in [3.8, 4) is 6.07 Å². The molecule has 0 bridgehead atoms. The number of nitrogen functional groups attached to an aromatic ring is 1. The van der Waals surface area contributed by atoms with E-state index in [4.69, 9.17) is 11.0 Å². The number of nitriles is 1. The summed E-state index contributed by atoms with van der Waals surface area (Å²) in [5.74, 6) is 0. The highest BCUT2D eigenvalue weighted by atomic mass is 14.7. The van der Waals surface area contributed by atoms with Gasteiger partial charge in [0.15, 0.2) is 0 Å². The van der Waals surface area contributed by atoms with Crippen molar-refractivity contribution in [2.75, 3.05) is 5.73 Å². The number of pyridine rings is 1. The van der Waals surface area contributed by atoms with E-state index in [1.54, 1.807) is 12.3 Å². The maximum Gasteiger partial charge on any atom is 0.101 e. The summed E-state index contributed by atoms with van der Waals surface area (Å²) in [7, 11) is 0. The Kier molecular flexibility index (Phi) is 4.62. The minimum Gasteiger partial charge on any atom is -0.396 e. The molecule has 0 fully saturated rings. The van der Waals surface area contributed by atoms with Crippen LogP contribution < -0.4 is 5.73 Å². The van der Waals surface area contributed by atoms with E-state index in [2.05, 4.69) is 18.0 Å². The van der Waals surface area contributed by atoms with Crippen molar-refractivity contribution < 1.29 is 0 Å². The number of aryl methyl sites for hydroxylation is 1. The third-order valence-electron chi connectivity index (χ3n) is 2.46. The van der Waals surface area contributed by atoms with Gasteiger partial charge in [0.25, 0.3) is 0 Å². The van der Waals surface area contributed by atoms with Gasteiger partial charge in [0.05, 0.1) is 16.9 Å². The van der Waals surface area contributed by atoms with E-state index in [1.807, 2.05) is 0 Å². The third-order valence-corrected chi connectivity index (χ3v) is 2.46. The van der Waals surface area contributed by atoms with E-state index < -0.39 is 0 Å². The minimum atomic E-state index is 0.537. The van der Waals surface area contributed by atoms with Crippen LogP contribution in [0.1, 0.15) is 43.9 Å². The number of unbranched alkanes of at least 4 members (excludes halogenated alkanes) is 3. The summed E-state index contributed by atoms with van der Waals surface area (Å²) in [5, 5.41) is 8.79. The van der Waals surface area contributed by atoms with E-state index in [9.17, 15) is 0 Å². The normalized spacial score (nSPS) is 9.87. The second-order valence-corrected chi connectivity index (χ2v) is 3.64. The Balaban J connectivity index is 2.58. The van der Waals surface area contributed by atoms with Gasteiger partial charge in [0.2, 0.25) is 0 Å². The molecule has 80 valence electrons. The Morgan fingerprint density at radius 2 is 2.20 bits per heavy atom. The Morgan fingerprint density at radius 1 is 1.40 bits per heavy atom. The summed E-state index contributed by atoms with van der Waals surface area (Å²) in [6.07, 6.45) is 7.30. The zero-order valence-corrected chi connectivity index (χ0v) is 9.16. The van der Waals surface area contributed by atoms with E-state index in [1.165, 1.54) is 19.3 Å². The summed E-state index contributed by atoms with van der Waals surface area (Å²) in [5.41, 5.74) is 7.78. The van der Waals surface area contributed by atoms with Crippen molar-refractivity contribution in [1.82, 2.24) is 4.98 Å². The van der Waals surface area contributed by atoms with Gasteiger partial charge in [0, 0.05) is 6.20 Å². The molecule has 0 aliphatic rings. The fourth-order valence-electron chi connectivity index (χ4n) is 1.53. The van der Waals surface area contributed by atoms with Gasteiger partial charge < -0.3 is 5.73 Å². The number of nitrogens with zero attached hydrogens (tertiary/aromatic N) is 2. The number of aromatic nitrogens is 1. The maximum atomic E-state index is 8.79. The average Bonchev–Trinajstić information content (AvgIpc) is 2.26. The molecule has 3 nitrogen and oxygen atoms in total. The number of hydrogen-bond donors (Lipinski definition) is 1. The van der Waals surface area contributed by atoms with Crippen molar-refractivity contribution in [2.24, 2.45) is 0 Å². The zero-order valence-electron chi connectivity index (χ0n) is 9.16. The first-order valence-electron chi connectivity index (χ1n) is 5.43. The molecule has 1 heterocycles. The summed E-state index contributed by atoms with van der Waals surface area (Å²) in [6, 6.07) is 3.73. The molecule has 1 aromatic rings. The first-order valence-corrected chi connectivity index (χ1v) is 5.43. The molecule has 3 heteroatoms. The van der Waals surface area contributed by atoms with Crippen molar-refractivity contribution >= 4 is 5.69 Å². The topological polar surface area (TPSA) is 62.7 Å². The fourth-order valence-corrected chi connectivity index (χ4v) is 1.53. The average molecular weight is 203 g/mol. The number of anilines is 1. The van der Waals surface area contributed by atoms with Gasteiger partial charge in [-0.1, -0.05) is 26.2 Å². The number of rotatable bonds is 5. The summed E-state index contributed by atoms with van der Waals surface area (Å²) in [4.78, 5) is 4.21. The number of hydrogen-bond acceptors (Lipinski definition) is 3. The van der Waals surface area contributed by atoms with Gasteiger partial charge in [-0.25, -0.2) is 0 Å². The molecule has 0 aromatic carbocycles. The molecule has 0 amide bonds. The monoisotopic (exact) mass is 203 g/mol. The largest absolute Gasteiger partial charge is 0.396 e. The van der Waals surface area contributed by atoms with Crippen LogP contribution in [0.4, 0.5) is 5.69 Å². The molecule has 1 rings (SSSR count). The van der Waals surface area contributed by atoms with E-state index in [0.29, 0.717) is 11.3 Å². The summed E-state index contributed by atoms with van der Waals surface area (Å²) < 4.78 is 0. The Hall–Kier alpha value is -1.56. The lowest BCUT2D eigenvalue weighted by Gasteiger charge is -2.05. The molecule has 0 spiro atoms. The molecule has 0 aliphatic heterocycles. The lowest BCUT2D eigenvalue weighted by molar-refractivity contribution is 0.661. The molecule has 0 aliphatic carbocycles. The van der Waals surface area contributed by atoms with Gasteiger partial charge in [-0.3, -0.25) is 4.98 Å². The lowest BCUT2D eigenvalue weighted by Crippen LogP contribution is -2.00. The first-order chi connectivity index (χ1) is 7.29. The molecule has 0 saturated carbocycles. The Bertz CT molecular complexity index is 352.